The van der Waals surface area contributed by atoms with E-state index in [4.69, 9.17) is 0 Å². The molecule has 0 saturated carbocycles. The second-order valence-electron chi connectivity index (χ2n) is 3.43. The van der Waals surface area contributed by atoms with E-state index in [0.717, 1.165) is 11.1 Å². The number of nitrogens with zero attached hydrogens (tertiary/aromatic N) is 1. The average Bonchev–Trinajstić information content (AvgIpc) is 2.11. The topological polar surface area (TPSA) is 3.24 Å². The molecule has 0 aliphatic carbocycles. The van der Waals surface area contributed by atoms with Gasteiger partial charge in [0.05, 0.1) is 9.26 Å². The summed E-state index contributed by atoms with van der Waals surface area (Å²) in [6, 6.07) is 0. The van der Waals surface area contributed by atoms with Gasteiger partial charge < -0.3 is 4.90 Å². The van der Waals surface area contributed by atoms with Gasteiger partial charge in [0.1, 0.15) is 0 Å². The van der Waals surface area contributed by atoms with E-state index in [1.807, 2.05) is 22.6 Å². The van der Waals surface area contributed by atoms with Crippen LogP contribution in [0.1, 0.15) is 11.1 Å². The maximum atomic E-state index is 13.5. The van der Waals surface area contributed by atoms with E-state index in [9.17, 15) is 8.78 Å². The van der Waals surface area contributed by atoms with Gasteiger partial charge in [0.15, 0.2) is 11.6 Å². The fourth-order valence-corrected chi connectivity index (χ4v) is 2.04. The molecule has 0 radical (unpaired) electrons. The van der Waals surface area contributed by atoms with Gasteiger partial charge in [-0.1, -0.05) is 0 Å². The minimum Gasteiger partial charge on any atom is -0.375 e. The molecule has 1 aromatic rings. The zero-order chi connectivity index (χ0) is 11.0. The average molecular weight is 311 g/mol. The summed E-state index contributed by atoms with van der Waals surface area (Å²) in [7, 11) is 3.41. The Morgan fingerprint density at radius 3 is 1.93 bits per heavy atom. The monoisotopic (exact) mass is 311 g/mol. The van der Waals surface area contributed by atoms with Gasteiger partial charge in [0.2, 0.25) is 0 Å². The molecule has 0 saturated heterocycles. The first-order chi connectivity index (χ1) is 6.37. The van der Waals surface area contributed by atoms with Gasteiger partial charge in [-0.05, 0) is 47.6 Å². The molecule has 0 atom stereocenters. The summed E-state index contributed by atoms with van der Waals surface area (Å²) in [6.45, 7) is 3.60. The van der Waals surface area contributed by atoms with Crippen LogP contribution in [0.5, 0.6) is 0 Å². The largest absolute Gasteiger partial charge is 0.375 e. The molecule has 0 aliphatic heterocycles. The smallest absolute Gasteiger partial charge is 0.183 e. The highest BCUT2D eigenvalue weighted by atomic mass is 127. The van der Waals surface area contributed by atoms with Crippen molar-refractivity contribution in [1.82, 2.24) is 0 Å². The summed E-state index contributed by atoms with van der Waals surface area (Å²) in [5, 5.41) is 0. The van der Waals surface area contributed by atoms with Crippen molar-refractivity contribution >= 4 is 28.3 Å². The first-order valence-electron chi connectivity index (χ1n) is 4.18. The van der Waals surface area contributed by atoms with Gasteiger partial charge >= 0.3 is 0 Å². The number of rotatable bonds is 1. The molecular weight excluding hydrogens is 299 g/mol. The van der Waals surface area contributed by atoms with Crippen LogP contribution in [0.2, 0.25) is 0 Å². The lowest BCUT2D eigenvalue weighted by Gasteiger charge is -2.19. The highest BCUT2D eigenvalue weighted by Crippen LogP contribution is 2.31. The molecule has 0 bridgehead atoms. The van der Waals surface area contributed by atoms with Gasteiger partial charge in [0.25, 0.3) is 0 Å². The van der Waals surface area contributed by atoms with Gasteiger partial charge in [-0.3, -0.25) is 0 Å². The molecule has 1 rings (SSSR count). The Labute approximate surface area is 96.2 Å². The maximum Gasteiger partial charge on any atom is 0.183 e. The van der Waals surface area contributed by atoms with Gasteiger partial charge in [-0.25, -0.2) is 8.78 Å². The highest BCUT2D eigenvalue weighted by Gasteiger charge is 2.19. The summed E-state index contributed by atoms with van der Waals surface area (Å²) < 4.78 is 27.3. The van der Waals surface area contributed by atoms with E-state index < -0.39 is 11.6 Å². The molecule has 78 valence electrons. The number of halogens is 3. The second-order valence-corrected chi connectivity index (χ2v) is 4.51. The Kier molecular flexibility index (Phi) is 3.34. The molecule has 0 aliphatic rings. The third kappa shape index (κ3) is 1.71. The van der Waals surface area contributed by atoms with Crippen LogP contribution in [0.3, 0.4) is 0 Å². The van der Waals surface area contributed by atoms with Crippen LogP contribution in [0.25, 0.3) is 0 Å². The molecule has 0 fully saturated rings. The van der Waals surface area contributed by atoms with E-state index >= 15 is 0 Å². The Hall–Kier alpha value is -0.390. The van der Waals surface area contributed by atoms with Crippen molar-refractivity contribution in [3.8, 4) is 0 Å². The summed E-state index contributed by atoms with van der Waals surface area (Å²) in [6.07, 6.45) is 0. The summed E-state index contributed by atoms with van der Waals surface area (Å²) in [5.41, 5.74) is 1.92. The van der Waals surface area contributed by atoms with Crippen molar-refractivity contribution in [2.45, 2.75) is 13.8 Å². The zero-order valence-corrected chi connectivity index (χ0v) is 10.7. The van der Waals surface area contributed by atoms with Crippen LogP contribution in [0, 0.1) is 29.1 Å². The van der Waals surface area contributed by atoms with Crippen LogP contribution < -0.4 is 4.90 Å². The molecule has 0 amide bonds. The van der Waals surface area contributed by atoms with Crippen molar-refractivity contribution in [3.63, 3.8) is 0 Å². The second kappa shape index (κ2) is 4.00. The lowest BCUT2D eigenvalue weighted by Crippen LogP contribution is -2.15. The SMILES string of the molecule is Cc1c(C)c(N(C)C)c(F)c(F)c1I. The van der Waals surface area contributed by atoms with Crippen LogP contribution in [0.15, 0.2) is 0 Å². The zero-order valence-electron chi connectivity index (χ0n) is 8.58. The Morgan fingerprint density at radius 1 is 1.00 bits per heavy atom. The van der Waals surface area contributed by atoms with Crippen LogP contribution in [0.4, 0.5) is 14.5 Å². The lowest BCUT2D eigenvalue weighted by molar-refractivity contribution is 0.502. The molecular formula is C10H12F2IN. The highest BCUT2D eigenvalue weighted by molar-refractivity contribution is 14.1. The van der Waals surface area contributed by atoms with Crippen LogP contribution >= 0.6 is 22.6 Å². The number of benzene rings is 1. The Bertz CT molecular complexity index is 346. The lowest BCUT2D eigenvalue weighted by atomic mass is 10.1. The van der Waals surface area contributed by atoms with E-state index in [1.54, 1.807) is 32.8 Å². The van der Waals surface area contributed by atoms with E-state index in [1.165, 1.54) is 0 Å². The Morgan fingerprint density at radius 2 is 1.50 bits per heavy atom. The molecule has 1 nitrogen and oxygen atoms in total. The standard InChI is InChI=1S/C10H12F2IN/c1-5-6(2)10(14(3)4)8(12)7(11)9(5)13/h1-4H3. The molecule has 0 spiro atoms. The first kappa shape index (κ1) is 11.7. The number of anilines is 1. The fourth-order valence-electron chi connectivity index (χ4n) is 1.40. The quantitative estimate of drug-likeness (QED) is 0.568. The number of hydrogen-bond acceptors (Lipinski definition) is 1. The first-order valence-corrected chi connectivity index (χ1v) is 5.26. The van der Waals surface area contributed by atoms with Gasteiger partial charge in [-0.15, -0.1) is 0 Å². The maximum absolute atomic E-state index is 13.5. The van der Waals surface area contributed by atoms with Crippen molar-refractivity contribution < 1.29 is 8.78 Å². The fraction of sp³-hybridized carbons (Fsp3) is 0.400. The Balaban J connectivity index is 3.60. The molecule has 14 heavy (non-hydrogen) atoms. The van der Waals surface area contributed by atoms with Crippen molar-refractivity contribution in [2.75, 3.05) is 19.0 Å². The summed E-state index contributed by atoms with van der Waals surface area (Å²) in [4.78, 5) is 1.59. The van der Waals surface area contributed by atoms with E-state index in [-0.39, 0.29) is 0 Å². The summed E-state index contributed by atoms with van der Waals surface area (Å²) in [5.74, 6) is -1.51. The van der Waals surface area contributed by atoms with Crippen molar-refractivity contribution in [3.05, 3.63) is 26.3 Å². The normalized spacial score (nSPS) is 10.5. The van der Waals surface area contributed by atoms with Crippen LogP contribution in [-0.4, -0.2) is 14.1 Å². The van der Waals surface area contributed by atoms with Crippen molar-refractivity contribution in [2.24, 2.45) is 0 Å². The van der Waals surface area contributed by atoms with E-state index in [0.29, 0.717) is 9.26 Å². The third-order valence-electron chi connectivity index (χ3n) is 2.29. The molecule has 4 heteroatoms. The van der Waals surface area contributed by atoms with Crippen LogP contribution in [-0.2, 0) is 0 Å². The predicted molar refractivity (Wildman–Crippen MR) is 62.9 cm³/mol. The predicted octanol–water partition coefficient (Wildman–Crippen LogP) is 3.25. The van der Waals surface area contributed by atoms with Gasteiger partial charge in [-0.2, -0.15) is 0 Å². The van der Waals surface area contributed by atoms with Gasteiger partial charge in [0, 0.05) is 14.1 Å². The molecule has 1 aromatic carbocycles. The molecule has 0 N–H and O–H groups in total. The van der Waals surface area contributed by atoms with Crippen molar-refractivity contribution in [1.29, 1.82) is 0 Å². The molecule has 0 heterocycles. The third-order valence-corrected chi connectivity index (χ3v) is 3.57. The number of hydrogen-bond donors (Lipinski definition) is 0. The summed E-state index contributed by atoms with van der Waals surface area (Å²) >= 11 is 1.83. The molecule has 0 aromatic heterocycles. The molecule has 0 unspecified atom stereocenters. The van der Waals surface area contributed by atoms with E-state index in [2.05, 4.69) is 0 Å². The minimum atomic E-state index is -0.762. The minimum absolute atomic E-state index is 0.334.